The van der Waals surface area contributed by atoms with Crippen LogP contribution < -0.4 is 5.32 Å². The lowest BCUT2D eigenvalue weighted by molar-refractivity contribution is -0.385. The molecule has 0 aromatic heterocycles. The topological polar surface area (TPSA) is 58.4 Å². The number of nitro groups is 1. The summed E-state index contributed by atoms with van der Waals surface area (Å²) in [5.74, 6) is 0. The van der Waals surface area contributed by atoms with Crippen LogP contribution in [0.15, 0.2) is 18.2 Å². The fourth-order valence-electron chi connectivity index (χ4n) is 2.80. The first kappa shape index (κ1) is 14.8. The van der Waals surface area contributed by atoms with E-state index in [0.29, 0.717) is 11.6 Å². The molecule has 1 N–H and O–H groups in total. The molecule has 0 radical (unpaired) electrons. The van der Waals surface area contributed by atoms with Crippen molar-refractivity contribution in [3.05, 3.63) is 33.9 Å². The predicted octanol–water partition coefficient (Wildman–Crippen LogP) is 3.19. The van der Waals surface area contributed by atoms with Crippen LogP contribution >= 0.6 is 0 Å². The molecule has 1 aliphatic rings. The van der Waals surface area contributed by atoms with Crippen molar-refractivity contribution in [2.45, 2.75) is 39.2 Å². The summed E-state index contributed by atoms with van der Waals surface area (Å²) in [4.78, 5) is 13.0. The van der Waals surface area contributed by atoms with E-state index >= 15 is 0 Å². The maximum absolute atomic E-state index is 10.8. The van der Waals surface area contributed by atoms with E-state index < -0.39 is 0 Å². The van der Waals surface area contributed by atoms with Gasteiger partial charge < -0.3 is 10.2 Å². The van der Waals surface area contributed by atoms with Gasteiger partial charge in [0.1, 0.15) is 0 Å². The van der Waals surface area contributed by atoms with Crippen molar-refractivity contribution < 1.29 is 4.92 Å². The van der Waals surface area contributed by atoms with Gasteiger partial charge in [-0.2, -0.15) is 0 Å². The van der Waals surface area contributed by atoms with Crippen molar-refractivity contribution in [3.63, 3.8) is 0 Å². The van der Waals surface area contributed by atoms with E-state index in [9.17, 15) is 10.1 Å². The summed E-state index contributed by atoms with van der Waals surface area (Å²) in [7, 11) is 0. The number of rotatable bonds is 5. The molecule has 110 valence electrons. The molecule has 20 heavy (non-hydrogen) atoms. The van der Waals surface area contributed by atoms with Gasteiger partial charge in [0, 0.05) is 36.4 Å². The summed E-state index contributed by atoms with van der Waals surface area (Å²) in [6.07, 6.45) is 3.48. The molecule has 0 bridgehead atoms. The summed E-state index contributed by atoms with van der Waals surface area (Å²) in [6, 6.07) is 5.74. The predicted molar refractivity (Wildman–Crippen MR) is 81.2 cm³/mol. The maximum atomic E-state index is 10.8. The molecule has 0 unspecified atom stereocenters. The number of aryl methyl sites for hydroxylation is 1. The quantitative estimate of drug-likeness (QED) is 0.663. The number of anilines is 1. The number of nitrogens with zero attached hydrogens (tertiary/aromatic N) is 2. The molecule has 0 amide bonds. The van der Waals surface area contributed by atoms with Crippen LogP contribution in [0.1, 0.15) is 31.7 Å². The number of nitro benzene ring substituents is 1. The zero-order chi connectivity index (χ0) is 14.5. The lowest BCUT2D eigenvalue weighted by atomic mass is 10.0. The average Bonchev–Trinajstić information content (AvgIpc) is 2.41. The van der Waals surface area contributed by atoms with Gasteiger partial charge in [-0.15, -0.1) is 0 Å². The summed E-state index contributed by atoms with van der Waals surface area (Å²) in [5.41, 5.74) is 1.89. The van der Waals surface area contributed by atoms with E-state index in [1.807, 2.05) is 12.1 Å². The molecule has 1 heterocycles. The molecule has 1 fully saturated rings. The highest BCUT2D eigenvalue weighted by Gasteiger charge is 2.19. The molecule has 1 aromatic rings. The minimum absolute atomic E-state index is 0.188. The van der Waals surface area contributed by atoms with Gasteiger partial charge in [0.2, 0.25) is 0 Å². The maximum Gasteiger partial charge on any atom is 0.272 e. The van der Waals surface area contributed by atoms with Crippen LogP contribution in [-0.2, 0) is 0 Å². The van der Waals surface area contributed by atoms with Crippen LogP contribution in [0.5, 0.6) is 0 Å². The van der Waals surface area contributed by atoms with Gasteiger partial charge >= 0.3 is 0 Å². The molecule has 1 saturated heterocycles. The van der Waals surface area contributed by atoms with Crippen molar-refractivity contribution >= 4 is 11.4 Å². The minimum Gasteiger partial charge on any atom is -0.382 e. The Hall–Kier alpha value is -1.62. The largest absolute Gasteiger partial charge is 0.382 e. The molecule has 0 saturated carbocycles. The molecular weight excluding hydrogens is 254 g/mol. The third-order valence-corrected chi connectivity index (χ3v) is 3.89. The van der Waals surface area contributed by atoms with Crippen molar-refractivity contribution in [2.24, 2.45) is 0 Å². The molecule has 5 nitrogen and oxygen atoms in total. The molecule has 1 aliphatic heterocycles. The van der Waals surface area contributed by atoms with E-state index in [1.165, 1.54) is 13.0 Å². The monoisotopic (exact) mass is 277 g/mol. The fraction of sp³-hybridized carbons (Fsp3) is 0.600. The van der Waals surface area contributed by atoms with Crippen LogP contribution in [0, 0.1) is 17.0 Å². The second-order valence-electron chi connectivity index (χ2n) is 5.52. The van der Waals surface area contributed by atoms with Gasteiger partial charge in [-0.05, 0) is 44.9 Å². The summed E-state index contributed by atoms with van der Waals surface area (Å²) >= 11 is 0. The van der Waals surface area contributed by atoms with Crippen molar-refractivity contribution in [1.82, 2.24) is 4.90 Å². The molecule has 5 heteroatoms. The molecule has 0 spiro atoms. The van der Waals surface area contributed by atoms with E-state index in [2.05, 4.69) is 17.1 Å². The highest BCUT2D eigenvalue weighted by Crippen LogP contribution is 2.23. The Morgan fingerprint density at radius 1 is 1.40 bits per heavy atom. The standard InChI is InChI=1S/C15H23N3O2/c1-3-8-17-9-6-13(7-10-17)16-14-4-5-15(18(19)20)12(2)11-14/h4-5,11,13,16H,3,6-10H2,1-2H3. The van der Waals surface area contributed by atoms with Crippen LogP contribution in [0.4, 0.5) is 11.4 Å². The second-order valence-corrected chi connectivity index (χ2v) is 5.52. The highest BCUT2D eigenvalue weighted by molar-refractivity contribution is 5.54. The third kappa shape index (κ3) is 3.70. The number of nitrogens with one attached hydrogen (secondary N) is 1. The van der Waals surface area contributed by atoms with Gasteiger partial charge in [-0.25, -0.2) is 0 Å². The van der Waals surface area contributed by atoms with Crippen molar-refractivity contribution in [1.29, 1.82) is 0 Å². The highest BCUT2D eigenvalue weighted by atomic mass is 16.6. The van der Waals surface area contributed by atoms with E-state index in [-0.39, 0.29) is 10.6 Å². The lowest BCUT2D eigenvalue weighted by Gasteiger charge is -2.32. The molecule has 0 atom stereocenters. The summed E-state index contributed by atoms with van der Waals surface area (Å²) in [5, 5.41) is 14.3. The van der Waals surface area contributed by atoms with Crippen molar-refractivity contribution in [2.75, 3.05) is 25.0 Å². The van der Waals surface area contributed by atoms with Crippen LogP contribution in [0.3, 0.4) is 0 Å². The van der Waals surface area contributed by atoms with Crippen LogP contribution in [-0.4, -0.2) is 35.5 Å². The normalized spacial score (nSPS) is 17.1. The zero-order valence-electron chi connectivity index (χ0n) is 12.3. The number of piperidine rings is 1. The number of benzene rings is 1. The number of likely N-dealkylation sites (tertiary alicyclic amines) is 1. The Balaban J connectivity index is 1.91. The lowest BCUT2D eigenvalue weighted by Crippen LogP contribution is -2.39. The van der Waals surface area contributed by atoms with Gasteiger partial charge in [-0.1, -0.05) is 6.92 Å². The van der Waals surface area contributed by atoms with Gasteiger partial charge in [-0.3, -0.25) is 10.1 Å². The van der Waals surface area contributed by atoms with Gasteiger partial charge in [0.25, 0.3) is 5.69 Å². The Labute approximate surface area is 120 Å². The van der Waals surface area contributed by atoms with E-state index in [4.69, 9.17) is 0 Å². The Morgan fingerprint density at radius 2 is 2.10 bits per heavy atom. The first-order chi connectivity index (χ1) is 9.60. The van der Waals surface area contributed by atoms with E-state index in [0.717, 1.165) is 31.6 Å². The smallest absolute Gasteiger partial charge is 0.272 e. The molecule has 2 rings (SSSR count). The van der Waals surface area contributed by atoms with Crippen LogP contribution in [0.2, 0.25) is 0 Å². The van der Waals surface area contributed by atoms with Crippen molar-refractivity contribution in [3.8, 4) is 0 Å². The average molecular weight is 277 g/mol. The van der Waals surface area contributed by atoms with E-state index in [1.54, 1.807) is 13.0 Å². The van der Waals surface area contributed by atoms with Gasteiger partial charge in [0.05, 0.1) is 4.92 Å². The number of hydrogen-bond acceptors (Lipinski definition) is 4. The first-order valence-corrected chi connectivity index (χ1v) is 7.34. The first-order valence-electron chi connectivity index (χ1n) is 7.34. The molecule has 0 aliphatic carbocycles. The molecule has 1 aromatic carbocycles. The second kappa shape index (κ2) is 6.70. The minimum atomic E-state index is -0.331. The third-order valence-electron chi connectivity index (χ3n) is 3.89. The summed E-state index contributed by atoms with van der Waals surface area (Å²) in [6.45, 7) is 7.45. The van der Waals surface area contributed by atoms with Crippen LogP contribution in [0.25, 0.3) is 0 Å². The SMILES string of the molecule is CCCN1CCC(Nc2ccc([N+](=O)[O-])c(C)c2)CC1. The zero-order valence-corrected chi connectivity index (χ0v) is 12.3. The summed E-state index contributed by atoms with van der Waals surface area (Å²) < 4.78 is 0. The Kier molecular flexibility index (Phi) is 4.95. The van der Waals surface area contributed by atoms with Gasteiger partial charge in [0.15, 0.2) is 0 Å². The Morgan fingerprint density at radius 3 is 2.65 bits per heavy atom. The Bertz CT molecular complexity index is 468. The molecular formula is C15H23N3O2. The fourth-order valence-corrected chi connectivity index (χ4v) is 2.80. The number of hydrogen-bond donors (Lipinski definition) is 1.